The Bertz CT molecular complexity index is 683. The molecular weight excluding hydrogens is 232 g/mol. The summed E-state index contributed by atoms with van der Waals surface area (Å²) in [6.45, 7) is 4.30. The molecule has 2 aromatic rings. The highest BCUT2D eigenvalue weighted by atomic mass is 16.5. The average Bonchev–Trinajstić information content (AvgIpc) is 2.33. The largest absolute Gasteiger partial charge is 0.496 e. The molecule has 1 aromatic carbocycles. The first-order valence-electron chi connectivity index (χ1n) is 5.84. The molecule has 0 saturated heterocycles. The molecule has 2 rings (SSSR count). The first-order chi connectivity index (χ1) is 8.54. The van der Waals surface area contributed by atoms with E-state index in [0.717, 1.165) is 0 Å². The van der Waals surface area contributed by atoms with Gasteiger partial charge in [0, 0.05) is 6.54 Å². The molecule has 0 atom stereocenters. The van der Waals surface area contributed by atoms with Gasteiger partial charge in [-0.3, -0.25) is 9.36 Å². The highest BCUT2D eigenvalue weighted by Crippen LogP contribution is 2.19. The molecule has 0 aliphatic heterocycles. The number of nitrogens with zero attached hydrogens (tertiary/aromatic N) is 1. The lowest BCUT2D eigenvalue weighted by atomic mass is 10.2. The molecule has 18 heavy (non-hydrogen) atoms. The number of hydrogen-bond acceptors (Lipinski definition) is 3. The standard InChI is InChI=1S/C13H16N2O3/c1-8(2)7-15-12(16)11-9(14-13(15)17)5-4-6-10(11)18-3/h4-6,8H,7H2,1-3H3,(H,14,17). The fraction of sp³-hybridized carbons (Fsp3) is 0.385. The Hall–Kier alpha value is -2.04. The van der Waals surface area contributed by atoms with E-state index in [1.54, 1.807) is 18.2 Å². The summed E-state index contributed by atoms with van der Waals surface area (Å²) in [5, 5.41) is 0.417. The number of nitrogens with one attached hydrogen (secondary N) is 1. The van der Waals surface area contributed by atoms with Crippen molar-refractivity contribution in [3.8, 4) is 5.75 Å². The Balaban J connectivity index is 2.83. The fourth-order valence-electron chi connectivity index (χ4n) is 1.97. The summed E-state index contributed by atoms with van der Waals surface area (Å²) in [6, 6.07) is 5.14. The second-order valence-electron chi connectivity index (χ2n) is 4.62. The van der Waals surface area contributed by atoms with Gasteiger partial charge in [-0.25, -0.2) is 4.79 Å². The summed E-state index contributed by atoms with van der Waals surface area (Å²) in [5.41, 5.74) is -0.182. The van der Waals surface area contributed by atoms with E-state index in [1.165, 1.54) is 11.7 Å². The highest BCUT2D eigenvalue weighted by Gasteiger charge is 2.12. The molecule has 96 valence electrons. The summed E-state index contributed by atoms with van der Waals surface area (Å²) < 4.78 is 6.39. The first kappa shape index (κ1) is 12.4. The molecule has 5 nitrogen and oxygen atoms in total. The van der Waals surface area contributed by atoms with Gasteiger partial charge in [0.15, 0.2) is 0 Å². The first-order valence-corrected chi connectivity index (χ1v) is 5.84. The summed E-state index contributed by atoms with van der Waals surface area (Å²) in [6.07, 6.45) is 0. The summed E-state index contributed by atoms with van der Waals surface area (Å²) in [5.74, 6) is 0.696. The number of fused-ring (bicyclic) bond motifs is 1. The van der Waals surface area contributed by atoms with Crippen molar-refractivity contribution in [1.82, 2.24) is 9.55 Å². The molecule has 1 aromatic heterocycles. The van der Waals surface area contributed by atoms with Crippen molar-refractivity contribution in [3.63, 3.8) is 0 Å². The second kappa shape index (κ2) is 4.68. The zero-order valence-electron chi connectivity index (χ0n) is 10.7. The second-order valence-corrected chi connectivity index (χ2v) is 4.62. The molecule has 1 N–H and O–H groups in total. The Kier molecular flexibility index (Phi) is 3.23. The van der Waals surface area contributed by atoms with Crippen LogP contribution >= 0.6 is 0 Å². The number of hydrogen-bond donors (Lipinski definition) is 1. The molecule has 0 unspecified atom stereocenters. The van der Waals surface area contributed by atoms with E-state index in [0.29, 0.717) is 23.2 Å². The third-order valence-corrected chi connectivity index (χ3v) is 2.74. The number of ether oxygens (including phenoxy) is 1. The third kappa shape index (κ3) is 2.03. The third-order valence-electron chi connectivity index (χ3n) is 2.74. The minimum atomic E-state index is -0.380. The predicted molar refractivity (Wildman–Crippen MR) is 70.2 cm³/mol. The lowest BCUT2D eigenvalue weighted by molar-refractivity contribution is 0.418. The van der Waals surface area contributed by atoms with Gasteiger partial charge in [-0.2, -0.15) is 0 Å². The maximum Gasteiger partial charge on any atom is 0.328 e. The lowest BCUT2D eigenvalue weighted by Gasteiger charge is -2.10. The van der Waals surface area contributed by atoms with Gasteiger partial charge >= 0.3 is 5.69 Å². The molecular formula is C13H16N2O3. The molecule has 5 heteroatoms. The molecule has 0 saturated carbocycles. The smallest absolute Gasteiger partial charge is 0.328 e. The van der Waals surface area contributed by atoms with Crippen LogP contribution in [0.5, 0.6) is 5.75 Å². The maximum absolute atomic E-state index is 12.3. The van der Waals surface area contributed by atoms with Crippen molar-refractivity contribution in [3.05, 3.63) is 39.0 Å². The predicted octanol–water partition coefficient (Wildman–Crippen LogP) is 1.35. The zero-order valence-corrected chi connectivity index (χ0v) is 10.7. The van der Waals surface area contributed by atoms with Crippen LogP contribution in [0, 0.1) is 5.92 Å². The molecule has 0 radical (unpaired) electrons. The number of aromatic amines is 1. The normalized spacial score (nSPS) is 11.1. The molecule has 0 aliphatic rings. The van der Waals surface area contributed by atoms with Crippen LogP contribution in [0.1, 0.15) is 13.8 Å². The monoisotopic (exact) mass is 248 g/mol. The van der Waals surface area contributed by atoms with Crippen LogP contribution in [0.3, 0.4) is 0 Å². The van der Waals surface area contributed by atoms with Crippen molar-refractivity contribution in [2.75, 3.05) is 7.11 Å². The Morgan fingerprint density at radius 3 is 2.67 bits per heavy atom. The maximum atomic E-state index is 12.3. The number of rotatable bonds is 3. The topological polar surface area (TPSA) is 64.1 Å². The number of aromatic nitrogens is 2. The van der Waals surface area contributed by atoms with Gasteiger partial charge in [0.2, 0.25) is 0 Å². The van der Waals surface area contributed by atoms with Crippen LogP contribution in [-0.2, 0) is 6.54 Å². The van der Waals surface area contributed by atoms with Crippen molar-refractivity contribution in [1.29, 1.82) is 0 Å². The van der Waals surface area contributed by atoms with Gasteiger partial charge in [-0.1, -0.05) is 19.9 Å². The van der Waals surface area contributed by atoms with Gasteiger partial charge in [0.1, 0.15) is 11.1 Å². The number of methoxy groups -OCH3 is 1. The summed E-state index contributed by atoms with van der Waals surface area (Å²) >= 11 is 0. The van der Waals surface area contributed by atoms with Crippen molar-refractivity contribution >= 4 is 10.9 Å². The minimum Gasteiger partial charge on any atom is -0.496 e. The van der Waals surface area contributed by atoms with E-state index in [-0.39, 0.29) is 17.2 Å². The Labute approximate surface area is 104 Å². The fourth-order valence-corrected chi connectivity index (χ4v) is 1.97. The quantitative estimate of drug-likeness (QED) is 0.891. The van der Waals surface area contributed by atoms with E-state index in [9.17, 15) is 9.59 Å². The Morgan fingerprint density at radius 1 is 1.33 bits per heavy atom. The molecule has 0 spiro atoms. The van der Waals surface area contributed by atoms with Crippen LogP contribution in [0.4, 0.5) is 0 Å². The molecule has 0 amide bonds. The molecule has 1 heterocycles. The number of benzene rings is 1. The van der Waals surface area contributed by atoms with E-state index < -0.39 is 0 Å². The van der Waals surface area contributed by atoms with Crippen molar-refractivity contribution in [2.24, 2.45) is 5.92 Å². The van der Waals surface area contributed by atoms with Gasteiger partial charge < -0.3 is 9.72 Å². The van der Waals surface area contributed by atoms with Crippen molar-refractivity contribution < 1.29 is 4.74 Å². The minimum absolute atomic E-state index is 0.218. The highest BCUT2D eigenvalue weighted by molar-refractivity contribution is 5.83. The van der Waals surface area contributed by atoms with Gasteiger partial charge in [-0.15, -0.1) is 0 Å². The summed E-state index contributed by atoms with van der Waals surface area (Å²) in [7, 11) is 1.51. The van der Waals surface area contributed by atoms with Gasteiger partial charge in [0.05, 0.1) is 12.6 Å². The zero-order chi connectivity index (χ0) is 13.3. The Morgan fingerprint density at radius 2 is 2.06 bits per heavy atom. The summed E-state index contributed by atoms with van der Waals surface area (Å²) in [4.78, 5) is 26.9. The van der Waals surface area contributed by atoms with Crippen LogP contribution in [-0.4, -0.2) is 16.7 Å². The van der Waals surface area contributed by atoms with Crippen molar-refractivity contribution in [2.45, 2.75) is 20.4 Å². The van der Waals surface area contributed by atoms with Gasteiger partial charge in [-0.05, 0) is 18.1 Å². The van der Waals surface area contributed by atoms with E-state index >= 15 is 0 Å². The number of H-pyrrole nitrogens is 1. The van der Waals surface area contributed by atoms with Crippen LogP contribution in [0.25, 0.3) is 10.9 Å². The molecule has 0 aliphatic carbocycles. The van der Waals surface area contributed by atoms with Crippen LogP contribution in [0.15, 0.2) is 27.8 Å². The van der Waals surface area contributed by atoms with Gasteiger partial charge in [0.25, 0.3) is 5.56 Å². The SMILES string of the molecule is COc1cccc2[nH]c(=O)n(CC(C)C)c(=O)c12. The molecule has 0 fully saturated rings. The lowest BCUT2D eigenvalue weighted by Crippen LogP contribution is -2.36. The molecule has 0 bridgehead atoms. The van der Waals surface area contributed by atoms with E-state index in [1.807, 2.05) is 13.8 Å². The van der Waals surface area contributed by atoms with Crippen LogP contribution < -0.4 is 16.0 Å². The van der Waals surface area contributed by atoms with Crippen LogP contribution in [0.2, 0.25) is 0 Å². The van der Waals surface area contributed by atoms with E-state index in [2.05, 4.69) is 4.98 Å². The average molecular weight is 248 g/mol. The van der Waals surface area contributed by atoms with E-state index in [4.69, 9.17) is 4.74 Å².